The lowest BCUT2D eigenvalue weighted by Gasteiger charge is -2.02. The first kappa shape index (κ1) is 9.68. The van der Waals surface area contributed by atoms with E-state index in [0.717, 1.165) is 13.0 Å². The third-order valence-corrected chi connectivity index (χ3v) is 1.60. The maximum Gasteiger partial charge on any atom is 0.213 e. The summed E-state index contributed by atoms with van der Waals surface area (Å²) in [6, 6.07) is 2.15. The highest BCUT2D eigenvalue weighted by Crippen LogP contribution is 1.90. The molecule has 70 valence electrons. The zero-order chi connectivity index (χ0) is 9.52. The second-order valence-electron chi connectivity index (χ2n) is 2.83. The summed E-state index contributed by atoms with van der Waals surface area (Å²) < 4.78 is 4.57. The highest BCUT2D eigenvalue weighted by atomic mass is 16.5. The van der Waals surface area contributed by atoms with Crippen molar-refractivity contribution in [2.75, 3.05) is 13.1 Å². The first-order chi connectivity index (χ1) is 6.33. The Kier molecular flexibility index (Phi) is 3.93. The van der Waals surface area contributed by atoms with Crippen LogP contribution in [0.5, 0.6) is 0 Å². The molecular formula is C8H12N4O. The van der Waals surface area contributed by atoms with Crippen LogP contribution in [0.4, 0.5) is 0 Å². The van der Waals surface area contributed by atoms with Gasteiger partial charge in [-0.2, -0.15) is 10.2 Å². The molecule has 1 aromatic heterocycles. The fourth-order valence-electron chi connectivity index (χ4n) is 0.867. The molecule has 0 fully saturated rings. The van der Waals surface area contributed by atoms with Gasteiger partial charge < -0.3 is 9.84 Å². The lowest BCUT2D eigenvalue weighted by molar-refractivity contribution is 0.409. The molecule has 1 aromatic rings. The number of hydrogen-bond donors (Lipinski definition) is 1. The van der Waals surface area contributed by atoms with E-state index in [4.69, 9.17) is 5.26 Å². The fraction of sp³-hybridized carbons (Fsp3) is 0.625. The van der Waals surface area contributed by atoms with Gasteiger partial charge in [0.2, 0.25) is 6.39 Å². The molecular weight excluding hydrogens is 168 g/mol. The van der Waals surface area contributed by atoms with Gasteiger partial charge in [-0.1, -0.05) is 5.16 Å². The summed E-state index contributed by atoms with van der Waals surface area (Å²) in [5.41, 5.74) is 0. The second kappa shape index (κ2) is 5.27. The van der Waals surface area contributed by atoms with Crippen LogP contribution < -0.4 is 5.32 Å². The topological polar surface area (TPSA) is 74.7 Å². The fourth-order valence-corrected chi connectivity index (χ4v) is 0.867. The summed E-state index contributed by atoms with van der Waals surface area (Å²) in [5.74, 6) is 0.738. The summed E-state index contributed by atoms with van der Waals surface area (Å²) in [6.07, 6.45) is 2.04. The van der Waals surface area contributed by atoms with Crippen molar-refractivity contribution in [2.24, 2.45) is 5.92 Å². The Labute approximate surface area is 76.7 Å². The van der Waals surface area contributed by atoms with Crippen molar-refractivity contribution in [2.45, 2.75) is 13.3 Å². The van der Waals surface area contributed by atoms with Gasteiger partial charge in [0, 0.05) is 19.5 Å². The molecule has 13 heavy (non-hydrogen) atoms. The number of rotatable bonds is 5. The van der Waals surface area contributed by atoms with E-state index in [1.54, 1.807) is 0 Å². The Hall–Kier alpha value is -1.41. The van der Waals surface area contributed by atoms with Crippen molar-refractivity contribution in [3.63, 3.8) is 0 Å². The molecule has 0 aliphatic heterocycles. The summed E-state index contributed by atoms with van der Waals surface area (Å²) in [6.45, 7) is 3.35. The maximum absolute atomic E-state index is 8.49. The number of nitriles is 1. The van der Waals surface area contributed by atoms with Gasteiger partial charge in [-0.25, -0.2) is 0 Å². The molecule has 0 aromatic carbocycles. The predicted octanol–water partition coefficient (Wildman–Crippen LogP) is 0.361. The highest BCUT2D eigenvalue weighted by molar-refractivity contribution is 4.82. The third-order valence-electron chi connectivity index (χ3n) is 1.60. The second-order valence-corrected chi connectivity index (χ2v) is 2.83. The van der Waals surface area contributed by atoms with E-state index in [-0.39, 0.29) is 5.92 Å². The van der Waals surface area contributed by atoms with Gasteiger partial charge in [0.25, 0.3) is 0 Å². The minimum absolute atomic E-state index is 0.0465. The van der Waals surface area contributed by atoms with Crippen LogP contribution in [0, 0.1) is 17.2 Å². The molecule has 0 bridgehead atoms. The van der Waals surface area contributed by atoms with Crippen molar-refractivity contribution in [1.82, 2.24) is 15.5 Å². The zero-order valence-corrected chi connectivity index (χ0v) is 7.53. The number of nitrogens with zero attached hydrogens (tertiary/aromatic N) is 3. The van der Waals surface area contributed by atoms with Crippen molar-refractivity contribution < 1.29 is 4.52 Å². The van der Waals surface area contributed by atoms with Gasteiger partial charge in [-0.15, -0.1) is 0 Å². The molecule has 1 rings (SSSR count). The van der Waals surface area contributed by atoms with Crippen LogP contribution in [-0.2, 0) is 6.42 Å². The Morgan fingerprint density at radius 1 is 1.77 bits per heavy atom. The maximum atomic E-state index is 8.49. The van der Waals surface area contributed by atoms with E-state index < -0.39 is 0 Å². The Morgan fingerprint density at radius 3 is 3.23 bits per heavy atom. The molecule has 0 amide bonds. The highest BCUT2D eigenvalue weighted by Gasteiger charge is 2.00. The molecule has 1 heterocycles. The summed E-state index contributed by atoms with van der Waals surface area (Å²) in [7, 11) is 0. The van der Waals surface area contributed by atoms with E-state index in [1.807, 2.05) is 6.92 Å². The normalized spacial score (nSPS) is 12.3. The lowest BCUT2D eigenvalue weighted by atomic mass is 10.2. The first-order valence-electron chi connectivity index (χ1n) is 4.18. The van der Waals surface area contributed by atoms with Gasteiger partial charge >= 0.3 is 0 Å². The average molecular weight is 180 g/mol. The molecule has 0 aliphatic carbocycles. The van der Waals surface area contributed by atoms with E-state index in [2.05, 4.69) is 26.0 Å². The van der Waals surface area contributed by atoms with Crippen LogP contribution in [0.25, 0.3) is 0 Å². The minimum atomic E-state index is 0.0465. The van der Waals surface area contributed by atoms with E-state index >= 15 is 0 Å². The molecule has 1 unspecified atom stereocenters. The largest absolute Gasteiger partial charge is 0.343 e. The molecule has 0 aliphatic rings. The van der Waals surface area contributed by atoms with Gasteiger partial charge in [0.15, 0.2) is 5.82 Å². The molecule has 0 saturated carbocycles. The van der Waals surface area contributed by atoms with Crippen LogP contribution in [0.15, 0.2) is 10.9 Å². The molecule has 1 N–H and O–H groups in total. The molecule has 0 radical (unpaired) electrons. The average Bonchev–Trinajstić information content (AvgIpc) is 2.64. The van der Waals surface area contributed by atoms with Crippen LogP contribution in [0.1, 0.15) is 12.7 Å². The molecule has 5 heteroatoms. The Bertz CT molecular complexity index is 264. The Morgan fingerprint density at radius 2 is 2.62 bits per heavy atom. The van der Waals surface area contributed by atoms with Crippen LogP contribution in [0.2, 0.25) is 0 Å². The summed E-state index contributed by atoms with van der Waals surface area (Å²) >= 11 is 0. The van der Waals surface area contributed by atoms with Crippen LogP contribution >= 0.6 is 0 Å². The Balaban J connectivity index is 2.06. The summed E-state index contributed by atoms with van der Waals surface area (Å²) in [4.78, 5) is 3.87. The van der Waals surface area contributed by atoms with Gasteiger partial charge in [0.1, 0.15) is 0 Å². The standard InChI is InChI=1S/C8H12N4O/c1-7(4-9)5-10-3-2-8-11-6-13-12-8/h6-7,10H,2-3,5H2,1H3. The molecule has 0 spiro atoms. The van der Waals surface area contributed by atoms with Crippen molar-refractivity contribution in [3.05, 3.63) is 12.2 Å². The number of hydrogen-bond acceptors (Lipinski definition) is 5. The minimum Gasteiger partial charge on any atom is -0.343 e. The van der Waals surface area contributed by atoms with Gasteiger partial charge in [0.05, 0.1) is 12.0 Å². The van der Waals surface area contributed by atoms with Crippen LogP contribution in [0.3, 0.4) is 0 Å². The number of nitrogens with one attached hydrogen (secondary N) is 1. The van der Waals surface area contributed by atoms with Crippen molar-refractivity contribution in [3.8, 4) is 6.07 Å². The van der Waals surface area contributed by atoms with Crippen molar-refractivity contribution >= 4 is 0 Å². The lowest BCUT2D eigenvalue weighted by Crippen LogP contribution is -2.23. The quantitative estimate of drug-likeness (QED) is 0.662. The number of aromatic nitrogens is 2. The predicted molar refractivity (Wildman–Crippen MR) is 45.6 cm³/mol. The van der Waals surface area contributed by atoms with E-state index in [0.29, 0.717) is 12.4 Å². The third kappa shape index (κ3) is 3.67. The monoisotopic (exact) mass is 180 g/mol. The van der Waals surface area contributed by atoms with Crippen molar-refractivity contribution in [1.29, 1.82) is 5.26 Å². The van der Waals surface area contributed by atoms with Gasteiger partial charge in [-0.3, -0.25) is 0 Å². The SMILES string of the molecule is CC(C#N)CNCCc1ncon1. The van der Waals surface area contributed by atoms with Crippen LogP contribution in [-0.4, -0.2) is 23.2 Å². The smallest absolute Gasteiger partial charge is 0.213 e. The molecule has 5 nitrogen and oxygen atoms in total. The van der Waals surface area contributed by atoms with Gasteiger partial charge in [-0.05, 0) is 6.92 Å². The van der Waals surface area contributed by atoms with E-state index in [1.165, 1.54) is 6.39 Å². The zero-order valence-electron chi connectivity index (χ0n) is 7.53. The molecule has 1 atom stereocenters. The summed E-state index contributed by atoms with van der Waals surface area (Å²) in [5, 5.41) is 15.3. The van der Waals surface area contributed by atoms with E-state index in [9.17, 15) is 0 Å². The first-order valence-corrected chi connectivity index (χ1v) is 4.18. The molecule has 0 saturated heterocycles.